The fourth-order valence-corrected chi connectivity index (χ4v) is 7.46. The van der Waals surface area contributed by atoms with Gasteiger partial charge < -0.3 is 14.2 Å². The highest BCUT2D eigenvalue weighted by atomic mass is 16.6. The monoisotopic (exact) mass is 793 g/mol. The molecule has 332 valence electrons. The Kier molecular flexibility index (Phi) is 41.8. The maximum atomic E-state index is 12.7. The number of carbonyl (C=O) groups excluding carboxylic acids is 3. The van der Waals surface area contributed by atoms with E-state index in [0.717, 1.165) is 69.6 Å². The molecule has 0 amide bonds. The maximum absolute atomic E-state index is 12.7. The number of hydrogen-bond donors (Lipinski definition) is 0. The molecule has 0 aromatic rings. The summed E-state index contributed by atoms with van der Waals surface area (Å²) in [5.74, 6) is 0.775. The third-order valence-corrected chi connectivity index (χ3v) is 11.2. The molecule has 0 radical (unpaired) electrons. The highest BCUT2D eigenvalue weighted by molar-refractivity contribution is 5.71. The molecular formula is C50H96O6. The molecule has 0 aromatic carbocycles. The standard InChI is InChI=1S/C50H96O6/c1-6-7-8-9-10-11-12-13-14-21-27-32-37-42-50(53)56-47(44-55-49(52)41-36-31-26-22-17-19-24-29-34-39-46(4)5)43-54-48(51)40-35-30-25-20-16-15-18-23-28-33-38-45(2)3/h45-47H,6-44H2,1-5H3/t47-/m0/s1. The van der Waals surface area contributed by atoms with Crippen molar-refractivity contribution >= 4 is 17.9 Å². The molecule has 0 saturated carbocycles. The van der Waals surface area contributed by atoms with Gasteiger partial charge in [-0.3, -0.25) is 14.4 Å². The van der Waals surface area contributed by atoms with Crippen LogP contribution in [0.1, 0.15) is 272 Å². The second-order valence-corrected chi connectivity index (χ2v) is 18.1. The van der Waals surface area contributed by atoms with Gasteiger partial charge in [0, 0.05) is 19.3 Å². The predicted octanol–water partition coefficient (Wildman–Crippen LogP) is 15.8. The van der Waals surface area contributed by atoms with E-state index in [1.165, 1.54) is 161 Å². The quantitative estimate of drug-likeness (QED) is 0.0347. The van der Waals surface area contributed by atoms with Crippen molar-refractivity contribution in [2.75, 3.05) is 13.2 Å². The van der Waals surface area contributed by atoms with Crippen molar-refractivity contribution in [1.29, 1.82) is 0 Å². The van der Waals surface area contributed by atoms with Crippen LogP contribution in [0.5, 0.6) is 0 Å². The highest BCUT2D eigenvalue weighted by Gasteiger charge is 2.19. The molecule has 0 fully saturated rings. The Labute approximate surface area is 348 Å². The normalized spacial score (nSPS) is 12.1. The minimum Gasteiger partial charge on any atom is -0.462 e. The molecule has 0 aliphatic carbocycles. The summed E-state index contributed by atoms with van der Waals surface area (Å²) in [4.78, 5) is 37.8. The summed E-state index contributed by atoms with van der Waals surface area (Å²) in [6, 6.07) is 0. The summed E-state index contributed by atoms with van der Waals surface area (Å²) >= 11 is 0. The third kappa shape index (κ3) is 43.5. The number of esters is 3. The molecule has 6 nitrogen and oxygen atoms in total. The van der Waals surface area contributed by atoms with E-state index < -0.39 is 6.10 Å². The molecule has 0 unspecified atom stereocenters. The lowest BCUT2D eigenvalue weighted by Crippen LogP contribution is -2.30. The first-order chi connectivity index (χ1) is 27.2. The van der Waals surface area contributed by atoms with Crippen LogP contribution in [0.3, 0.4) is 0 Å². The van der Waals surface area contributed by atoms with Gasteiger partial charge in [-0.15, -0.1) is 0 Å². The number of unbranched alkanes of at least 4 members (excludes halogenated alkanes) is 29. The summed E-state index contributed by atoms with van der Waals surface area (Å²) in [5.41, 5.74) is 0. The first kappa shape index (κ1) is 54.4. The first-order valence-corrected chi connectivity index (χ1v) is 24.7. The van der Waals surface area contributed by atoms with Crippen molar-refractivity contribution in [3.8, 4) is 0 Å². The molecule has 56 heavy (non-hydrogen) atoms. The first-order valence-electron chi connectivity index (χ1n) is 24.7. The lowest BCUT2D eigenvalue weighted by Gasteiger charge is -2.18. The van der Waals surface area contributed by atoms with Crippen molar-refractivity contribution in [3.63, 3.8) is 0 Å². The molecule has 0 spiro atoms. The molecule has 0 saturated heterocycles. The van der Waals surface area contributed by atoms with Crippen molar-refractivity contribution < 1.29 is 28.6 Å². The SMILES string of the molecule is CCCCCCCCCCCCCCCC(=O)O[C@@H](COC(=O)CCCCCCCCCCCCC(C)C)COC(=O)CCCCCCCCCCCC(C)C. The van der Waals surface area contributed by atoms with Gasteiger partial charge in [-0.2, -0.15) is 0 Å². The number of ether oxygens (including phenoxy) is 3. The second kappa shape index (κ2) is 43.0. The average molecular weight is 793 g/mol. The molecule has 0 heterocycles. The minimum atomic E-state index is -0.761. The van der Waals surface area contributed by atoms with Crippen molar-refractivity contribution in [3.05, 3.63) is 0 Å². The Hall–Kier alpha value is -1.59. The molecule has 0 aliphatic heterocycles. The van der Waals surface area contributed by atoms with E-state index in [2.05, 4.69) is 34.6 Å². The van der Waals surface area contributed by atoms with Gasteiger partial charge in [0.2, 0.25) is 0 Å². The van der Waals surface area contributed by atoms with Crippen molar-refractivity contribution in [2.45, 2.75) is 278 Å². The van der Waals surface area contributed by atoms with E-state index in [9.17, 15) is 14.4 Å². The van der Waals surface area contributed by atoms with Gasteiger partial charge in [0.15, 0.2) is 6.10 Å². The van der Waals surface area contributed by atoms with E-state index in [0.29, 0.717) is 19.3 Å². The summed E-state index contributed by atoms with van der Waals surface area (Å²) in [6.45, 7) is 11.3. The Bertz CT molecular complexity index is 854. The Balaban J connectivity index is 4.33. The lowest BCUT2D eigenvalue weighted by molar-refractivity contribution is -0.167. The van der Waals surface area contributed by atoms with Crippen LogP contribution in [0.15, 0.2) is 0 Å². The van der Waals surface area contributed by atoms with Crippen LogP contribution < -0.4 is 0 Å². The Morgan fingerprint density at radius 3 is 0.875 bits per heavy atom. The van der Waals surface area contributed by atoms with Gasteiger partial charge in [0.25, 0.3) is 0 Å². The fourth-order valence-electron chi connectivity index (χ4n) is 7.46. The van der Waals surface area contributed by atoms with Crippen LogP contribution in [-0.2, 0) is 28.6 Å². The summed E-state index contributed by atoms with van der Waals surface area (Å²) < 4.78 is 16.8. The van der Waals surface area contributed by atoms with Gasteiger partial charge >= 0.3 is 17.9 Å². The Morgan fingerprint density at radius 2 is 0.589 bits per heavy atom. The van der Waals surface area contributed by atoms with Crippen molar-refractivity contribution in [1.82, 2.24) is 0 Å². The summed E-state index contributed by atoms with van der Waals surface area (Å²) in [6.07, 6.45) is 42.3. The zero-order valence-electron chi connectivity index (χ0n) is 38.3. The van der Waals surface area contributed by atoms with Gasteiger partial charge in [-0.25, -0.2) is 0 Å². The van der Waals surface area contributed by atoms with Crippen molar-refractivity contribution in [2.24, 2.45) is 11.8 Å². The summed E-state index contributed by atoms with van der Waals surface area (Å²) in [5, 5.41) is 0. The molecule has 6 heteroatoms. The van der Waals surface area contributed by atoms with Crippen LogP contribution in [0.25, 0.3) is 0 Å². The van der Waals surface area contributed by atoms with E-state index in [4.69, 9.17) is 14.2 Å². The zero-order valence-corrected chi connectivity index (χ0v) is 38.3. The number of rotatable bonds is 44. The van der Waals surface area contributed by atoms with Gasteiger partial charge in [0.1, 0.15) is 13.2 Å². The highest BCUT2D eigenvalue weighted by Crippen LogP contribution is 2.17. The molecule has 0 bridgehead atoms. The average Bonchev–Trinajstić information content (AvgIpc) is 3.16. The molecule has 1 atom stereocenters. The number of carbonyl (C=O) groups is 3. The van der Waals surface area contributed by atoms with E-state index in [-0.39, 0.29) is 31.1 Å². The Morgan fingerprint density at radius 1 is 0.339 bits per heavy atom. The smallest absolute Gasteiger partial charge is 0.306 e. The van der Waals surface area contributed by atoms with Gasteiger partial charge in [-0.05, 0) is 31.1 Å². The molecular weight excluding hydrogens is 697 g/mol. The largest absolute Gasteiger partial charge is 0.462 e. The van der Waals surface area contributed by atoms with Crippen LogP contribution in [0.4, 0.5) is 0 Å². The van der Waals surface area contributed by atoms with E-state index >= 15 is 0 Å². The molecule has 0 rings (SSSR count). The fraction of sp³-hybridized carbons (Fsp3) is 0.940. The topological polar surface area (TPSA) is 78.9 Å². The third-order valence-electron chi connectivity index (χ3n) is 11.2. The molecule has 0 N–H and O–H groups in total. The predicted molar refractivity (Wildman–Crippen MR) is 238 cm³/mol. The van der Waals surface area contributed by atoms with Crippen LogP contribution in [0.2, 0.25) is 0 Å². The maximum Gasteiger partial charge on any atom is 0.306 e. The minimum absolute atomic E-state index is 0.0644. The van der Waals surface area contributed by atoms with Crippen LogP contribution in [0, 0.1) is 11.8 Å². The zero-order chi connectivity index (χ0) is 41.2. The van der Waals surface area contributed by atoms with E-state index in [1.54, 1.807) is 0 Å². The second-order valence-electron chi connectivity index (χ2n) is 18.1. The molecule has 0 aliphatic rings. The van der Waals surface area contributed by atoms with E-state index in [1.807, 2.05) is 0 Å². The lowest BCUT2D eigenvalue weighted by atomic mass is 10.0. The van der Waals surface area contributed by atoms with Gasteiger partial charge in [0.05, 0.1) is 0 Å². The van der Waals surface area contributed by atoms with Crippen LogP contribution in [-0.4, -0.2) is 37.2 Å². The number of hydrogen-bond acceptors (Lipinski definition) is 6. The summed E-state index contributed by atoms with van der Waals surface area (Å²) in [7, 11) is 0. The van der Waals surface area contributed by atoms with Crippen LogP contribution >= 0.6 is 0 Å². The van der Waals surface area contributed by atoms with Gasteiger partial charge in [-0.1, -0.05) is 234 Å². The molecule has 0 aromatic heterocycles.